The van der Waals surface area contributed by atoms with Gasteiger partial charge in [0.05, 0.1) is 5.33 Å². The van der Waals surface area contributed by atoms with Gasteiger partial charge in [-0.1, -0.05) is 28.1 Å². The monoisotopic (exact) mass is 344 g/mol. The Morgan fingerprint density at radius 3 is 2.56 bits per heavy atom. The molecule has 1 aromatic carbocycles. The first kappa shape index (κ1) is 15.3. The predicted molar refractivity (Wildman–Crippen MR) is 65.2 cm³/mol. The van der Waals surface area contributed by atoms with E-state index in [1.807, 2.05) is 0 Å². The summed E-state index contributed by atoms with van der Waals surface area (Å²) >= 11 is 8.50. The van der Waals surface area contributed by atoms with Gasteiger partial charge in [0.1, 0.15) is 11.5 Å². The fourth-order valence-corrected chi connectivity index (χ4v) is 1.67. The van der Waals surface area contributed by atoms with E-state index >= 15 is 0 Å². The van der Waals surface area contributed by atoms with Gasteiger partial charge < -0.3 is 4.74 Å². The van der Waals surface area contributed by atoms with Crippen LogP contribution in [0.5, 0.6) is 5.75 Å². The second-order valence-corrected chi connectivity index (χ2v) is 4.30. The number of halogens is 5. The summed E-state index contributed by atoms with van der Waals surface area (Å²) in [6, 6.07) is 4.17. The number of Topliss-reactive ketones (excluding diaryl/α,β-unsaturated/α-hetero) is 1. The Labute approximate surface area is 115 Å². The molecule has 18 heavy (non-hydrogen) atoms. The molecule has 0 aliphatic heterocycles. The second-order valence-electron chi connectivity index (χ2n) is 3.47. The van der Waals surface area contributed by atoms with Gasteiger partial charge in [-0.15, -0.1) is 24.8 Å². The molecule has 0 atom stereocenters. The molecular weight excluding hydrogens is 336 g/mol. The molecule has 0 aliphatic rings. The van der Waals surface area contributed by atoms with Gasteiger partial charge >= 0.3 is 6.36 Å². The number of carbonyl (C=O) groups is 1. The largest absolute Gasteiger partial charge is 0.573 e. The van der Waals surface area contributed by atoms with Crippen LogP contribution < -0.4 is 4.74 Å². The number of ketones is 1. The summed E-state index contributed by atoms with van der Waals surface area (Å²) in [5, 5.41) is 0.0791. The second kappa shape index (κ2) is 6.43. The van der Waals surface area contributed by atoms with Crippen molar-refractivity contribution in [3.8, 4) is 5.75 Å². The lowest BCUT2D eigenvalue weighted by atomic mass is 10.1. The molecule has 2 nitrogen and oxygen atoms in total. The zero-order valence-corrected chi connectivity index (χ0v) is 11.4. The van der Waals surface area contributed by atoms with Gasteiger partial charge in [0.15, 0.2) is 0 Å². The normalized spacial score (nSPS) is 11.4. The molecule has 100 valence electrons. The molecule has 0 aliphatic carbocycles. The summed E-state index contributed by atoms with van der Waals surface area (Å²) in [6.07, 6.45) is -4.92. The Bertz CT molecular complexity index is 435. The molecule has 0 amide bonds. The third-order valence-corrected chi connectivity index (χ3v) is 2.98. The van der Waals surface area contributed by atoms with Crippen LogP contribution in [0.25, 0.3) is 0 Å². The Morgan fingerprint density at radius 2 is 2.06 bits per heavy atom. The minimum Gasteiger partial charge on any atom is -0.405 e. The van der Waals surface area contributed by atoms with Crippen molar-refractivity contribution in [1.82, 2.24) is 0 Å². The first-order chi connectivity index (χ1) is 8.35. The molecule has 1 aromatic rings. The van der Waals surface area contributed by atoms with E-state index in [0.29, 0.717) is 5.56 Å². The van der Waals surface area contributed by atoms with Gasteiger partial charge in [-0.3, -0.25) is 4.79 Å². The van der Waals surface area contributed by atoms with E-state index in [1.165, 1.54) is 12.1 Å². The molecule has 0 radical (unpaired) electrons. The highest BCUT2D eigenvalue weighted by atomic mass is 79.9. The zero-order valence-electron chi connectivity index (χ0n) is 9.06. The van der Waals surface area contributed by atoms with Gasteiger partial charge in [-0.05, 0) is 11.6 Å². The van der Waals surface area contributed by atoms with Crippen molar-refractivity contribution in [2.24, 2.45) is 0 Å². The molecule has 1 rings (SSSR count). The number of ether oxygens (including phenoxy) is 1. The molecule has 0 spiro atoms. The lowest BCUT2D eigenvalue weighted by molar-refractivity contribution is -0.274. The number of rotatable bonds is 5. The first-order valence-corrected chi connectivity index (χ1v) is 6.52. The quantitative estimate of drug-likeness (QED) is 0.758. The summed E-state index contributed by atoms with van der Waals surface area (Å²) in [4.78, 5) is 11.2. The number of hydrogen-bond acceptors (Lipinski definition) is 2. The maximum absolute atomic E-state index is 12.2. The number of hydrogen-bond donors (Lipinski definition) is 0. The van der Waals surface area contributed by atoms with Crippen LogP contribution in [0.4, 0.5) is 13.2 Å². The zero-order chi connectivity index (χ0) is 13.8. The van der Waals surface area contributed by atoms with Crippen molar-refractivity contribution < 1.29 is 22.7 Å². The molecule has 7 heteroatoms. The summed E-state index contributed by atoms with van der Waals surface area (Å²) in [6.45, 7) is 0. The molecule has 0 heterocycles. The molecule has 0 saturated carbocycles. The van der Waals surface area contributed by atoms with Crippen molar-refractivity contribution in [3.63, 3.8) is 0 Å². The topological polar surface area (TPSA) is 26.3 Å². The maximum atomic E-state index is 12.2. The van der Waals surface area contributed by atoms with Gasteiger partial charge in [0.25, 0.3) is 0 Å². The van der Waals surface area contributed by atoms with Crippen molar-refractivity contribution in [2.75, 3.05) is 5.33 Å². The fourth-order valence-electron chi connectivity index (χ4n) is 1.31. The molecule has 0 fully saturated rings. The Kier molecular flexibility index (Phi) is 5.47. The maximum Gasteiger partial charge on any atom is 0.573 e. The van der Waals surface area contributed by atoms with E-state index in [1.54, 1.807) is 6.07 Å². The minimum absolute atomic E-state index is 0.0703. The van der Waals surface area contributed by atoms with Gasteiger partial charge in [-0.25, -0.2) is 0 Å². The Hall–Kier alpha value is -0.750. The first-order valence-electron chi connectivity index (χ1n) is 4.87. The van der Waals surface area contributed by atoms with Crippen LogP contribution in [0.3, 0.4) is 0 Å². The third-order valence-electron chi connectivity index (χ3n) is 2.05. The smallest absolute Gasteiger partial charge is 0.405 e. The van der Waals surface area contributed by atoms with Crippen LogP contribution >= 0.6 is 27.5 Å². The highest BCUT2D eigenvalue weighted by molar-refractivity contribution is 9.09. The lowest BCUT2D eigenvalue weighted by Gasteiger charge is -2.13. The van der Waals surface area contributed by atoms with E-state index in [4.69, 9.17) is 11.6 Å². The summed E-state index contributed by atoms with van der Waals surface area (Å²) in [7, 11) is 0. The van der Waals surface area contributed by atoms with Gasteiger partial charge in [-0.2, -0.15) is 0 Å². The predicted octanol–water partition coefficient (Wildman–Crippen LogP) is 3.83. The van der Waals surface area contributed by atoms with Crippen LogP contribution in [0.1, 0.15) is 11.1 Å². The highest BCUT2D eigenvalue weighted by Gasteiger charge is 2.32. The molecule has 0 bridgehead atoms. The van der Waals surface area contributed by atoms with Crippen LogP contribution in [0.15, 0.2) is 18.2 Å². The van der Waals surface area contributed by atoms with E-state index in [2.05, 4.69) is 20.7 Å². The van der Waals surface area contributed by atoms with E-state index in [0.717, 1.165) is 0 Å². The van der Waals surface area contributed by atoms with Crippen LogP contribution in [-0.4, -0.2) is 17.5 Å². The number of carbonyl (C=O) groups excluding carboxylic acids is 1. The fraction of sp³-hybridized carbons (Fsp3) is 0.364. The Balaban J connectivity index is 3.04. The SMILES string of the molecule is O=C(CBr)Cc1ccc(CCl)cc1OC(F)(F)F. The van der Waals surface area contributed by atoms with Gasteiger partial charge in [0, 0.05) is 17.9 Å². The van der Waals surface area contributed by atoms with Crippen molar-refractivity contribution in [3.05, 3.63) is 29.3 Å². The summed E-state index contributed by atoms with van der Waals surface area (Å²) < 4.78 is 40.6. The van der Waals surface area contributed by atoms with Crippen molar-refractivity contribution in [2.45, 2.75) is 18.7 Å². The average Bonchev–Trinajstić information content (AvgIpc) is 2.29. The molecule has 0 N–H and O–H groups in total. The molecule has 0 unspecified atom stereocenters. The number of alkyl halides is 5. The molecule has 0 saturated heterocycles. The highest BCUT2D eigenvalue weighted by Crippen LogP contribution is 2.28. The summed E-state index contributed by atoms with van der Waals surface area (Å²) in [5.41, 5.74) is 0.677. The van der Waals surface area contributed by atoms with Gasteiger partial charge in [0.2, 0.25) is 0 Å². The van der Waals surface area contributed by atoms with Crippen molar-refractivity contribution >= 4 is 33.3 Å². The van der Waals surface area contributed by atoms with E-state index < -0.39 is 6.36 Å². The third kappa shape index (κ3) is 4.86. The summed E-state index contributed by atoms with van der Waals surface area (Å²) in [5.74, 6) is -0.545. The van der Waals surface area contributed by atoms with E-state index in [9.17, 15) is 18.0 Å². The minimum atomic E-state index is -4.79. The van der Waals surface area contributed by atoms with Crippen LogP contribution in [0, 0.1) is 0 Å². The van der Waals surface area contributed by atoms with Crippen LogP contribution in [0.2, 0.25) is 0 Å². The lowest BCUT2D eigenvalue weighted by Crippen LogP contribution is -2.19. The van der Waals surface area contributed by atoms with Crippen molar-refractivity contribution in [1.29, 1.82) is 0 Å². The Morgan fingerprint density at radius 1 is 1.39 bits per heavy atom. The average molecular weight is 346 g/mol. The molecule has 0 aromatic heterocycles. The molecular formula is C11H9BrClF3O2. The number of benzene rings is 1. The van der Waals surface area contributed by atoms with Crippen LogP contribution in [-0.2, 0) is 17.1 Å². The van der Waals surface area contributed by atoms with E-state index in [-0.39, 0.29) is 34.7 Å². The standard InChI is InChI=1S/C11H9BrClF3O2/c12-5-9(17)4-8-2-1-7(6-13)3-10(8)18-11(14,15)16/h1-3H,4-6H2.